The number of nitrogens with zero attached hydrogens (tertiary/aromatic N) is 2. The van der Waals surface area contributed by atoms with Crippen molar-refractivity contribution in [2.24, 2.45) is 0 Å². The van der Waals surface area contributed by atoms with Crippen molar-refractivity contribution < 1.29 is 4.42 Å². The molecule has 0 aliphatic carbocycles. The molecule has 0 spiro atoms. The van der Waals surface area contributed by atoms with Gasteiger partial charge in [-0.3, -0.25) is 4.57 Å². The fourth-order valence-corrected chi connectivity index (χ4v) is 7.25. The summed E-state index contributed by atoms with van der Waals surface area (Å²) in [5.74, 6) is 0.943. The van der Waals surface area contributed by atoms with E-state index < -0.39 is 0 Å². The summed E-state index contributed by atoms with van der Waals surface area (Å²) in [7, 11) is 0. The summed E-state index contributed by atoms with van der Waals surface area (Å²) in [6, 6.07) is 60.3. The zero-order chi connectivity index (χ0) is 31.6. The largest absolute Gasteiger partial charge is 0.455 e. The third-order valence-corrected chi connectivity index (χ3v) is 9.59. The Morgan fingerprint density at radius 1 is 0.438 bits per heavy atom. The van der Waals surface area contributed by atoms with E-state index in [9.17, 15) is 0 Å². The second-order valence-corrected chi connectivity index (χ2v) is 12.4. The number of rotatable bonds is 4. The number of hydrogen-bond acceptors (Lipinski definition) is 2. The van der Waals surface area contributed by atoms with Gasteiger partial charge in [0.05, 0.1) is 11.0 Å². The maximum Gasteiger partial charge on any atom is 0.145 e. The van der Waals surface area contributed by atoms with Crippen molar-refractivity contribution >= 4 is 54.5 Å². The molecule has 3 heteroatoms. The standard InChI is InChI=1S/C45H28N2O/c1-2-10-30(11-3-1)45-46-41-15-7-8-16-42(41)47(45)35-24-22-29(23-25-35)31-18-19-33-27-34(21-20-32(33)26-31)39-28-40-37-13-6-9-17-43(37)48-44(40)38-14-5-4-12-36(38)39/h1-28H. The Labute approximate surface area is 277 Å². The van der Waals surface area contributed by atoms with Crippen LogP contribution in [0, 0.1) is 0 Å². The predicted octanol–water partition coefficient (Wildman–Crippen LogP) is 12.2. The molecule has 0 fully saturated rings. The molecule has 0 saturated carbocycles. The molecule has 48 heavy (non-hydrogen) atoms. The quantitative estimate of drug-likeness (QED) is 0.198. The predicted molar refractivity (Wildman–Crippen MR) is 200 cm³/mol. The van der Waals surface area contributed by atoms with Crippen LogP contribution < -0.4 is 0 Å². The molecular formula is C45H28N2O. The molecule has 2 aromatic heterocycles. The highest BCUT2D eigenvalue weighted by atomic mass is 16.3. The highest BCUT2D eigenvalue weighted by Gasteiger charge is 2.16. The number of fused-ring (bicyclic) bond motifs is 7. The normalized spacial score (nSPS) is 11.8. The van der Waals surface area contributed by atoms with Gasteiger partial charge in [-0.1, -0.05) is 121 Å². The molecule has 2 heterocycles. The Kier molecular flexibility index (Phi) is 5.87. The smallest absolute Gasteiger partial charge is 0.145 e. The van der Waals surface area contributed by atoms with E-state index in [4.69, 9.17) is 9.40 Å². The first kappa shape index (κ1) is 26.7. The molecule has 0 unspecified atom stereocenters. The zero-order valence-electron chi connectivity index (χ0n) is 26.0. The van der Waals surface area contributed by atoms with Crippen LogP contribution in [0.3, 0.4) is 0 Å². The lowest BCUT2D eigenvalue weighted by molar-refractivity contribution is 0.672. The lowest BCUT2D eigenvalue weighted by Crippen LogP contribution is -1.97. The molecular weight excluding hydrogens is 585 g/mol. The third kappa shape index (κ3) is 4.18. The fraction of sp³-hybridized carbons (Fsp3) is 0. The highest BCUT2D eigenvalue weighted by molar-refractivity contribution is 6.19. The molecule has 0 N–H and O–H groups in total. The Morgan fingerprint density at radius 2 is 1.08 bits per heavy atom. The van der Waals surface area contributed by atoms with Crippen molar-refractivity contribution in [2.75, 3.05) is 0 Å². The number of para-hydroxylation sites is 3. The molecule has 0 aliphatic heterocycles. The Bertz CT molecular complexity index is 2820. The van der Waals surface area contributed by atoms with Crippen LogP contribution in [0.2, 0.25) is 0 Å². The average Bonchev–Trinajstić information content (AvgIpc) is 3.74. The average molecular weight is 613 g/mol. The van der Waals surface area contributed by atoms with E-state index in [1.165, 1.54) is 38.4 Å². The third-order valence-electron chi connectivity index (χ3n) is 9.59. The minimum Gasteiger partial charge on any atom is -0.455 e. The van der Waals surface area contributed by atoms with Crippen LogP contribution in [-0.4, -0.2) is 9.55 Å². The van der Waals surface area contributed by atoms with E-state index in [0.717, 1.165) is 55.4 Å². The first-order valence-corrected chi connectivity index (χ1v) is 16.3. The highest BCUT2D eigenvalue weighted by Crippen LogP contribution is 2.40. The molecule has 10 rings (SSSR count). The lowest BCUT2D eigenvalue weighted by Gasteiger charge is -2.12. The first-order valence-electron chi connectivity index (χ1n) is 16.3. The van der Waals surface area contributed by atoms with Gasteiger partial charge >= 0.3 is 0 Å². The van der Waals surface area contributed by atoms with E-state index in [0.29, 0.717) is 0 Å². The van der Waals surface area contributed by atoms with Crippen molar-refractivity contribution in [3.8, 4) is 39.3 Å². The lowest BCUT2D eigenvalue weighted by atomic mass is 9.93. The van der Waals surface area contributed by atoms with Gasteiger partial charge in [0.15, 0.2) is 0 Å². The van der Waals surface area contributed by atoms with E-state index in [1.807, 2.05) is 24.3 Å². The number of benzene rings is 8. The summed E-state index contributed by atoms with van der Waals surface area (Å²) in [5, 5.41) is 7.06. The van der Waals surface area contributed by atoms with Gasteiger partial charge in [-0.05, 0) is 86.9 Å². The number of aromatic nitrogens is 2. The van der Waals surface area contributed by atoms with Crippen LogP contribution in [0.5, 0.6) is 0 Å². The molecule has 0 saturated heterocycles. The van der Waals surface area contributed by atoms with Crippen molar-refractivity contribution in [1.29, 1.82) is 0 Å². The Balaban J connectivity index is 1.04. The molecule has 0 bridgehead atoms. The SMILES string of the molecule is c1ccc(-c2nc3ccccc3n2-c2ccc(-c3ccc4cc(-c5cc6c7ccccc7oc6c6ccccc56)ccc4c3)cc2)cc1. The monoisotopic (exact) mass is 612 g/mol. The van der Waals surface area contributed by atoms with Gasteiger partial charge in [0.1, 0.15) is 17.0 Å². The fourth-order valence-electron chi connectivity index (χ4n) is 7.25. The topological polar surface area (TPSA) is 31.0 Å². The molecule has 0 atom stereocenters. The van der Waals surface area contributed by atoms with Crippen LogP contribution >= 0.6 is 0 Å². The molecule has 0 amide bonds. The summed E-state index contributed by atoms with van der Waals surface area (Å²) in [6.45, 7) is 0. The summed E-state index contributed by atoms with van der Waals surface area (Å²) in [5.41, 5.74) is 10.9. The molecule has 224 valence electrons. The van der Waals surface area contributed by atoms with E-state index in [2.05, 4.69) is 150 Å². The van der Waals surface area contributed by atoms with Gasteiger partial charge < -0.3 is 4.42 Å². The maximum absolute atomic E-state index is 6.35. The molecule has 0 aliphatic rings. The van der Waals surface area contributed by atoms with Gasteiger partial charge in [0.2, 0.25) is 0 Å². The summed E-state index contributed by atoms with van der Waals surface area (Å²) < 4.78 is 8.60. The summed E-state index contributed by atoms with van der Waals surface area (Å²) in [6.07, 6.45) is 0. The molecule has 0 radical (unpaired) electrons. The van der Waals surface area contributed by atoms with Crippen molar-refractivity contribution in [1.82, 2.24) is 9.55 Å². The van der Waals surface area contributed by atoms with Crippen molar-refractivity contribution in [3.63, 3.8) is 0 Å². The van der Waals surface area contributed by atoms with Crippen LogP contribution in [0.1, 0.15) is 0 Å². The van der Waals surface area contributed by atoms with Gasteiger partial charge in [0.25, 0.3) is 0 Å². The van der Waals surface area contributed by atoms with Crippen LogP contribution in [-0.2, 0) is 0 Å². The molecule has 3 nitrogen and oxygen atoms in total. The van der Waals surface area contributed by atoms with Gasteiger partial charge in [-0.25, -0.2) is 4.98 Å². The van der Waals surface area contributed by atoms with Gasteiger partial charge in [-0.15, -0.1) is 0 Å². The van der Waals surface area contributed by atoms with E-state index >= 15 is 0 Å². The number of imidazole rings is 1. The van der Waals surface area contributed by atoms with E-state index in [-0.39, 0.29) is 0 Å². The Morgan fingerprint density at radius 3 is 1.92 bits per heavy atom. The second-order valence-electron chi connectivity index (χ2n) is 12.4. The van der Waals surface area contributed by atoms with Gasteiger partial charge in [-0.2, -0.15) is 0 Å². The van der Waals surface area contributed by atoms with Crippen LogP contribution in [0.4, 0.5) is 0 Å². The minimum atomic E-state index is 0.920. The first-order chi connectivity index (χ1) is 23.8. The summed E-state index contributed by atoms with van der Waals surface area (Å²) >= 11 is 0. The van der Waals surface area contributed by atoms with Crippen molar-refractivity contribution in [2.45, 2.75) is 0 Å². The Hall–Kier alpha value is -6.45. The summed E-state index contributed by atoms with van der Waals surface area (Å²) in [4.78, 5) is 5.00. The van der Waals surface area contributed by atoms with E-state index in [1.54, 1.807) is 0 Å². The maximum atomic E-state index is 6.35. The number of furan rings is 1. The second kappa shape index (κ2) is 10.5. The van der Waals surface area contributed by atoms with Crippen LogP contribution in [0.15, 0.2) is 174 Å². The van der Waals surface area contributed by atoms with Crippen LogP contribution in [0.25, 0.3) is 93.8 Å². The molecule has 8 aromatic carbocycles. The van der Waals surface area contributed by atoms with Crippen molar-refractivity contribution in [3.05, 3.63) is 170 Å². The number of hydrogen-bond donors (Lipinski definition) is 0. The zero-order valence-corrected chi connectivity index (χ0v) is 26.0. The molecule has 10 aromatic rings. The minimum absolute atomic E-state index is 0.920. The van der Waals surface area contributed by atoms with Gasteiger partial charge in [0, 0.05) is 27.4 Å².